The molecule has 0 atom stereocenters. The lowest BCUT2D eigenvalue weighted by Gasteiger charge is -2.44. The van der Waals surface area contributed by atoms with Crippen LogP contribution < -0.4 is 4.74 Å². The standard InChI is InChI=1S/C31H31N3O3/c35-34(36)28-18-16-27(17-19-28)24-37-30-15-8-7-14-29(30)31-32(22-25-10-3-1-4-11-25)20-9-21-33(31)23-26-12-5-2-6-13-26/h1-8,10-19,31H,9,20-24H2. The highest BCUT2D eigenvalue weighted by Crippen LogP contribution is 2.37. The molecule has 188 valence electrons. The average molecular weight is 494 g/mol. The number of non-ortho nitro benzene ring substituents is 1. The van der Waals surface area contributed by atoms with Gasteiger partial charge in [0.1, 0.15) is 12.4 Å². The zero-order chi connectivity index (χ0) is 25.5. The van der Waals surface area contributed by atoms with Gasteiger partial charge < -0.3 is 4.74 Å². The van der Waals surface area contributed by atoms with Crippen LogP contribution in [0.5, 0.6) is 5.75 Å². The molecule has 0 spiro atoms. The van der Waals surface area contributed by atoms with E-state index in [1.54, 1.807) is 12.1 Å². The van der Waals surface area contributed by atoms with E-state index in [-0.39, 0.29) is 16.8 Å². The smallest absolute Gasteiger partial charge is 0.269 e. The van der Waals surface area contributed by atoms with Crippen molar-refractivity contribution in [2.75, 3.05) is 13.1 Å². The Bertz CT molecular complexity index is 1250. The molecule has 0 N–H and O–H groups in total. The molecule has 0 unspecified atom stereocenters. The summed E-state index contributed by atoms with van der Waals surface area (Å²) in [6, 6.07) is 36.0. The zero-order valence-corrected chi connectivity index (χ0v) is 20.8. The molecule has 1 aliphatic heterocycles. The van der Waals surface area contributed by atoms with E-state index in [0.717, 1.165) is 49.5 Å². The van der Waals surface area contributed by atoms with E-state index in [1.165, 1.54) is 23.3 Å². The lowest BCUT2D eigenvalue weighted by Crippen LogP contribution is -2.47. The number of hydrogen-bond acceptors (Lipinski definition) is 5. The van der Waals surface area contributed by atoms with Crippen LogP contribution in [0.2, 0.25) is 0 Å². The van der Waals surface area contributed by atoms with E-state index < -0.39 is 0 Å². The maximum Gasteiger partial charge on any atom is 0.269 e. The summed E-state index contributed by atoms with van der Waals surface area (Å²) in [5.74, 6) is 0.837. The van der Waals surface area contributed by atoms with Crippen molar-refractivity contribution in [1.29, 1.82) is 0 Å². The molecule has 6 nitrogen and oxygen atoms in total. The predicted molar refractivity (Wildman–Crippen MR) is 145 cm³/mol. The van der Waals surface area contributed by atoms with Crippen LogP contribution >= 0.6 is 0 Å². The molecule has 5 rings (SSSR count). The summed E-state index contributed by atoms with van der Waals surface area (Å²) in [4.78, 5) is 15.7. The fourth-order valence-electron chi connectivity index (χ4n) is 5.01. The van der Waals surface area contributed by atoms with Crippen LogP contribution in [0.3, 0.4) is 0 Å². The molecule has 6 heteroatoms. The zero-order valence-electron chi connectivity index (χ0n) is 20.8. The van der Waals surface area contributed by atoms with Crippen LogP contribution in [-0.4, -0.2) is 27.8 Å². The van der Waals surface area contributed by atoms with Crippen molar-refractivity contribution < 1.29 is 9.66 Å². The van der Waals surface area contributed by atoms with Crippen LogP contribution in [0.4, 0.5) is 5.69 Å². The average Bonchev–Trinajstić information content (AvgIpc) is 2.94. The van der Waals surface area contributed by atoms with Gasteiger partial charge in [-0.25, -0.2) is 0 Å². The SMILES string of the molecule is O=[N+]([O-])c1ccc(COc2ccccc2C2N(Cc3ccccc3)CCCN2Cc2ccccc2)cc1. The van der Waals surface area contributed by atoms with Gasteiger partial charge in [-0.3, -0.25) is 19.9 Å². The molecule has 0 amide bonds. The number of benzene rings is 4. The number of nitro benzene ring substituents is 1. The summed E-state index contributed by atoms with van der Waals surface area (Å²) in [5.41, 5.74) is 4.69. The predicted octanol–water partition coefficient (Wildman–Crippen LogP) is 6.58. The molecule has 37 heavy (non-hydrogen) atoms. The summed E-state index contributed by atoms with van der Waals surface area (Å²) >= 11 is 0. The van der Waals surface area contributed by atoms with Crippen LogP contribution in [0.25, 0.3) is 0 Å². The van der Waals surface area contributed by atoms with Crippen molar-refractivity contribution in [3.05, 3.63) is 142 Å². The van der Waals surface area contributed by atoms with Gasteiger partial charge in [0.15, 0.2) is 0 Å². The van der Waals surface area contributed by atoms with E-state index in [4.69, 9.17) is 4.74 Å². The number of para-hydroxylation sites is 1. The number of ether oxygens (including phenoxy) is 1. The van der Waals surface area contributed by atoms with Gasteiger partial charge in [0, 0.05) is 43.9 Å². The van der Waals surface area contributed by atoms with E-state index in [0.29, 0.717) is 6.61 Å². The van der Waals surface area contributed by atoms with Crippen LogP contribution in [0.15, 0.2) is 109 Å². The molecule has 0 saturated carbocycles. The molecule has 1 heterocycles. The summed E-state index contributed by atoms with van der Waals surface area (Å²) in [6.45, 7) is 4.06. The second kappa shape index (κ2) is 11.8. The van der Waals surface area contributed by atoms with Crippen molar-refractivity contribution in [1.82, 2.24) is 9.80 Å². The molecular weight excluding hydrogens is 462 g/mol. The minimum absolute atomic E-state index is 0.0576. The Hall–Kier alpha value is -4.00. The largest absolute Gasteiger partial charge is 0.489 e. The molecule has 0 bridgehead atoms. The first-order valence-electron chi connectivity index (χ1n) is 12.7. The van der Waals surface area contributed by atoms with Gasteiger partial charge in [0.2, 0.25) is 0 Å². The fourth-order valence-corrected chi connectivity index (χ4v) is 5.01. The highest BCUT2D eigenvalue weighted by atomic mass is 16.6. The quantitative estimate of drug-likeness (QED) is 0.195. The molecule has 4 aromatic rings. The van der Waals surface area contributed by atoms with Crippen LogP contribution in [0, 0.1) is 10.1 Å². The Morgan fingerprint density at radius 1 is 0.703 bits per heavy atom. The van der Waals surface area contributed by atoms with E-state index in [1.807, 2.05) is 12.1 Å². The minimum atomic E-state index is -0.383. The van der Waals surface area contributed by atoms with Gasteiger partial charge in [-0.15, -0.1) is 0 Å². The topological polar surface area (TPSA) is 58.9 Å². The number of nitro groups is 1. The second-order valence-electron chi connectivity index (χ2n) is 9.39. The van der Waals surface area contributed by atoms with E-state index in [9.17, 15) is 10.1 Å². The monoisotopic (exact) mass is 493 g/mol. The maximum atomic E-state index is 11.0. The van der Waals surface area contributed by atoms with E-state index >= 15 is 0 Å². The molecule has 1 fully saturated rings. The first kappa shape index (κ1) is 24.7. The number of hydrogen-bond donors (Lipinski definition) is 0. The lowest BCUT2D eigenvalue weighted by molar-refractivity contribution is -0.384. The normalized spacial score (nSPS) is 14.9. The minimum Gasteiger partial charge on any atom is -0.489 e. The Labute approximate surface area is 217 Å². The van der Waals surface area contributed by atoms with Crippen molar-refractivity contribution in [2.24, 2.45) is 0 Å². The molecule has 0 aromatic heterocycles. The first-order valence-corrected chi connectivity index (χ1v) is 12.7. The first-order chi connectivity index (χ1) is 18.2. The van der Waals surface area contributed by atoms with Crippen LogP contribution in [0.1, 0.15) is 34.8 Å². The van der Waals surface area contributed by atoms with Crippen molar-refractivity contribution in [3.8, 4) is 5.75 Å². The van der Waals surface area contributed by atoms with E-state index in [2.05, 4.69) is 82.6 Å². The lowest BCUT2D eigenvalue weighted by atomic mass is 10.0. The molecule has 0 radical (unpaired) electrons. The summed E-state index contributed by atoms with van der Waals surface area (Å²) in [7, 11) is 0. The highest BCUT2D eigenvalue weighted by Gasteiger charge is 2.32. The summed E-state index contributed by atoms with van der Waals surface area (Å²) in [5, 5.41) is 11.0. The molecule has 1 saturated heterocycles. The number of nitrogens with zero attached hydrogens (tertiary/aromatic N) is 3. The Balaban J connectivity index is 1.43. The third-order valence-corrected chi connectivity index (χ3v) is 6.78. The number of rotatable bonds is 9. The van der Waals surface area contributed by atoms with Crippen molar-refractivity contribution in [3.63, 3.8) is 0 Å². The second-order valence-corrected chi connectivity index (χ2v) is 9.39. The van der Waals surface area contributed by atoms with Crippen molar-refractivity contribution in [2.45, 2.75) is 32.3 Å². The molecule has 1 aliphatic rings. The maximum absolute atomic E-state index is 11.0. The molecular formula is C31H31N3O3. The Kier molecular flexibility index (Phi) is 7.89. The third kappa shape index (κ3) is 6.23. The van der Waals surface area contributed by atoms with Crippen molar-refractivity contribution >= 4 is 5.69 Å². The Morgan fingerprint density at radius 3 is 1.81 bits per heavy atom. The highest BCUT2D eigenvalue weighted by molar-refractivity contribution is 5.37. The van der Waals surface area contributed by atoms with Gasteiger partial charge in [-0.1, -0.05) is 78.9 Å². The summed E-state index contributed by atoms with van der Waals surface area (Å²) in [6.07, 6.45) is 1.16. The Morgan fingerprint density at radius 2 is 1.24 bits per heavy atom. The van der Waals surface area contributed by atoms with Gasteiger partial charge >= 0.3 is 0 Å². The fraction of sp³-hybridized carbons (Fsp3) is 0.226. The van der Waals surface area contributed by atoms with Gasteiger partial charge in [0.05, 0.1) is 11.1 Å². The third-order valence-electron chi connectivity index (χ3n) is 6.78. The van der Waals surface area contributed by atoms with Crippen LogP contribution in [-0.2, 0) is 19.7 Å². The van der Waals surface area contributed by atoms with Gasteiger partial charge in [-0.05, 0) is 41.3 Å². The molecule has 0 aliphatic carbocycles. The summed E-state index contributed by atoms with van der Waals surface area (Å²) < 4.78 is 6.35. The van der Waals surface area contributed by atoms with Gasteiger partial charge in [0.25, 0.3) is 5.69 Å². The van der Waals surface area contributed by atoms with Gasteiger partial charge in [-0.2, -0.15) is 0 Å². The molecule has 4 aromatic carbocycles.